The van der Waals surface area contributed by atoms with Gasteiger partial charge in [-0.2, -0.15) is 0 Å². The molecule has 0 saturated heterocycles. The SMILES string of the molecule is CCC(=O)Nc1ccc(C(=O)COC(=O)[C@@H](C)Sc2ccc(Cl)cc2)cc1. The average molecular weight is 406 g/mol. The number of esters is 1. The van der Waals surface area contributed by atoms with Crippen LogP contribution >= 0.6 is 23.4 Å². The molecule has 0 aliphatic rings. The highest BCUT2D eigenvalue weighted by atomic mass is 35.5. The van der Waals surface area contributed by atoms with Crippen LogP contribution < -0.4 is 5.32 Å². The molecule has 27 heavy (non-hydrogen) atoms. The van der Waals surface area contributed by atoms with Crippen LogP contribution in [0.5, 0.6) is 0 Å². The molecule has 0 radical (unpaired) electrons. The quantitative estimate of drug-likeness (QED) is 0.395. The van der Waals surface area contributed by atoms with Crippen LogP contribution in [-0.4, -0.2) is 29.5 Å². The first-order valence-electron chi connectivity index (χ1n) is 8.41. The molecule has 2 rings (SSSR count). The number of halogens is 1. The Labute approximate surface area is 167 Å². The number of carbonyl (C=O) groups excluding carboxylic acids is 3. The minimum Gasteiger partial charge on any atom is -0.456 e. The van der Waals surface area contributed by atoms with Gasteiger partial charge in [-0.05, 0) is 55.5 Å². The van der Waals surface area contributed by atoms with Crippen molar-refractivity contribution in [1.82, 2.24) is 0 Å². The van der Waals surface area contributed by atoms with Gasteiger partial charge in [-0.1, -0.05) is 18.5 Å². The van der Waals surface area contributed by atoms with Gasteiger partial charge in [0.25, 0.3) is 0 Å². The molecule has 0 saturated carbocycles. The summed E-state index contributed by atoms with van der Waals surface area (Å²) >= 11 is 7.17. The number of hydrogen-bond donors (Lipinski definition) is 1. The number of ether oxygens (including phenoxy) is 1. The van der Waals surface area contributed by atoms with E-state index in [9.17, 15) is 14.4 Å². The summed E-state index contributed by atoms with van der Waals surface area (Å²) in [5, 5.41) is 2.88. The second-order valence-corrected chi connectivity index (χ2v) is 7.57. The minimum absolute atomic E-state index is 0.102. The minimum atomic E-state index is -0.463. The van der Waals surface area contributed by atoms with Crippen LogP contribution in [-0.2, 0) is 14.3 Å². The number of hydrogen-bond acceptors (Lipinski definition) is 5. The Morgan fingerprint density at radius 3 is 2.30 bits per heavy atom. The zero-order valence-electron chi connectivity index (χ0n) is 15.0. The molecule has 0 fully saturated rings. The first kappa shape index (κ1) is 21.0. The van der Waals surface area contributed by atoms with Crippen LogP contribution in [0, 0.1) is 0 Å². The smallest absolute Gasteiger partial charge is 0.319 e. The van der Waals surface area contributed by atoms with E-state index in [0.717, 1.165) is 4.90 Å². The number of anilines is 1. The van der Waals surface area contributed by atoms with E-state index < -0.39 is 11.2 Å². The summed E-state index contributed by atoms with van der Waals surface area (Å²) in [6.45, 7) is 3.15. The fraction of sp³-hybridized carbons (Fsp3) is 0.250. The highest BCUT2D eigenvalue weighted by Crippen LogP contribution is 2.25. The highest BCUT2D eigenvalue weighted by molar-refractivity contribution is 8.00. The van der Waals surface area contributed by atoms with Gasteiger partial charge in [0.15, 0.2) is 12.4 Å². The number of nitrogens with one attached hydrogen (secondary N) is 1. The summed E-state index contributed by atoms with van der Waals surface area (Å²) in [4.78, 5) is 36.5. The highest BCUT2D eigenvalue weighted by Gasteiger charge is 2.18. The van der Waals surface area contributed by atoms with Crippen LogP contribution in [0.15, 0.2) is 53.4 Å². The van der Waals surface area contributed by atoms with Crippen molar-refractivity contribution in [3.63, 3.8) is 0 Å². The van der Waals surface area contributed by atoms with E-state index in [4.69, 9.17) is 16.3 Å². The first-order chi connectivity index (χ1) is 12.9. The summed E-state index contributed by atoms with van der Waals surface area (Å²) in [5.74, 6) is -0.870. The zero-order valence-corrected chi connectivity index (χ0v) is 16.6. The Bertz CT molecular complexity index is 806. The Kier molecular flexibility index (Phi) is 7.88. The molecule has 0 unspecified atom stereocenters. The number of benzene rings is 2. The van der Waals surface area contributed by atoms with Crippen molar-refractivity contribution in [2.75, 3.05) is 11.9 Å². The molecule has 0 spiro atoms. The molecule has 7 heteroatoms. The third kappa shape index (κ3) is 6.73. The largest absolute Gasteiger partial charge is 0.456 e. The van der Waals surface area contributed by atoms with Crippen molar-refractivity contribution in [1.29, 1.82) is 0 Å². The lowest BCUT2D eigenvalue weighted by molar-refractivity contribution is -0.141. The molecule has 2 aromatic rings. The molecular formula is C20H20ClNO4S. The van der Waals surface area contributed by atoms with Gasteiger partial charge in [-0.15, -0.1) is 11.8 Å². The maximum atomic E-state index is 12.2. The third-order valence-corrected chi connectivity index (χ3v) is 4.96. The summed E-state index contributed by atoms with van der Waals surface area (Å²) < 4.78 is 5.12. The van der Waals surface area contributed by atoms with Crippen molar-refractivity contribution in [2.24, 2.45) is 0 Å². The van der Waals surface area contributed by atoms with Gasteiger partial charge in [-0.3, -0.25) is 14.4 Å². The summed E-state index contributed by atoms with van der Waals surface area (Å²) in [7, 11) is 0. The number of rotatable bonds is 8. The van der Waals surface area contributed by atoms with Gasteiger partial charge >= 0.3 is 5.97 Å². The Hall–Kier alpha value is -2.31. The van der Waals surface area contributed by atoms with Crippen LogP contribution in [0.4, 0.5) is 5.69 Å². The van der Waals surface area contributed by atoms with E-state index in [1.54, 1.807) is 50.2 Å². The van der Waals surface area contributed by atoms with Gasteiger partial charge in [0, 0.05) is 27.6 Å². The lowest BCUT2D eigenvalue weighted by Crippen LogP contribution is -2.21. The lowest BCUT2D eigenvalue weighted by Gasteiger charge is -2.11. The van der Waals surface area contributed by atoms with Gasteiger partial charge in [0.05, 0.1) is 0 Å². The van der Waals surface area contributed by atoms with Crippen molar-refractivity contribution < 1.29 is 19.1 Å². The average Bonchev–Trinajstić information content (AvgIpc) is 2.68. The molecule has 142 valence electrons. The van der Waals surface area contributed by atoms with Gasteiger partial charge in [0.1, 0.15) is 5.25 Å². The van der Waals surface area contributed by atoms with E-state index in [2.05, 4.69) is 5.32 Å². The van der Waals surface area contributed by atoms with Gasteiger partial charge in [0.2, 0.25) is 5.91 Å². The van der Waals surface area contributed by atoms with Crippen LogP contribution in [0.3, 0.4) is 0 Å². The maximum Gasteiger partial charge on any atom is 0.319 e. The standard InChI is InChI=1S/C20H20ClNO4S/c1-3-19(24)22-16-8-4-14(5-9-16)18(23)12-26-20(25)13(2)27-17-10-6-15(21)7-11-17/h4-11,13H,3,12H2,1-2H3,(H,22,24)/t13-/m1/s1. The molecule has 1 amide bonds. The fourth-order valence-corrected chi connectivity index (χ4v) is 3.08. The number of ketones is 1. The first-order valence-corrected chi connectivity index (χ1v) is 9.66. The molecule has 1 atom stereocenters. The molecule has 0 bridgehead atoms. The van der Waals surface area contributed by atoms with E-state index in [0.29, 0.717) is 22.7 Å². The summed E-state index contributed by atoms with van der Waals surface area (Å²) in [6, 6.07) is 13.6. The fourth-order valence-electron chi connectivity index (χ4n) is 2.09. The van der Waals surface area contributed by atoms with Crippen molar-refractivity contribution in [3.05, 3.63) is 59.1 Å². The number of thioether (sulfide) groups is 1. The topological polar surface area (TPSA) is 72.5 Å². The third-order valence-electron chi connectivity index (χ3n) is 3.62. The molecule has 0 aliphatic heterocycles. The molecular weight excluding hydrogens is 386 g/mol. The number of amides is 1. The Balaban J connectivity index is 1.84. The molecule has 2 aromatic carbocycles. The van der Waals surface area contributed by atoms with Crippen LogP contribution in [0.2, 0.25) is 5.02 Å². The zero-order chi connectivity index (χ0) is 19.8. The molecule has 0 aromatic heterocycles. The predicted octanol–water partition coefficient (Wildman–Crippen LogP) is 4.60. The van der Waals surface area contributed by atoms with E-state index in [-0.39, 0.29) is 18.3 Å². The molecule has 0 aliphatic carbocycles. The predicted molar refractivity (Wildman–Crippen MR) is 107 cm³/mol. The molecule has 1 N–H and O–H groups in total. The summed E-state index contributed by atoms with van der Waals surface area (Å²) in [6.07, 6.45) is 0.378. The number of carbonyl (C=O) groups is 3. The van der Waals surface area contributed by atoms with Crippen molar-refractivity contribution in [2.45, 2.75) is 30.4 Å². The second kappa shape index (κ2) is 10.1. The molecule has 0 heterocycles. The van der Waals surface area contributed by atoms with Crippen LogP contribution in [0.1, 0.15) is 30.6 Å². The van der Waals surface area contributed by atoms with E-state index in [1.165, 1.54) is 11.8 Å². The Morgan fingerprint density at radius 1 is 1.07 bits per heavy atom. The maximum absolute atomic E-state index is 12.2. The van der Waals surface area contributed by atoms with Crippen LogP contribution in [0.25, 0.3) is 0 Å². The van der Waals surface area contributed by atoms with E-state index in [1.807, 2.05) is 12.1 Å². The number of Topliss-reactive ketones (excluding diaryl/α,β-unsaturated/α-hetero) is 1. The normalized spacial score (nSPS) is 11.5. The van der Waals surface area contributed by atoms with Crippen molar-refractivity contribution >= 4 is 46.7 Å². The van der Waals surface area contributed by atoms with Crippen molar-refractivity contribution in [3.8, 4) is 0 Å². The van der Waals surface area contributed by atoms with Gasteiger partial charge in [-0.25, -0.2) is 0 Å². The summed E-state index contributed by atoms with van der Waals surface area (Å²) in [5.41, 5.74) is 1.03. The van der Waals surface area contributed by atoms with Gasteiger partial charge < -0.3 is 10.1 Å². The second-order valence-electron chi connectivity index (χ2n) is 5.72. The Morgan fingerprint density at radius 2 is 1.70 bits per heavy atom. The monoisotopic (exact) mass is 405 g/mol. The lowest BCUT2D eigenvalue weighted by atomic mass is 10.1. The van der Waals surface area contributed by atoms with E-state index >= 15 is 0 Å². The molecule has 5 nitrogen and oxygen atoms in total.